The van der Waals surface area contributed by atoms with E-state index in [1.807, 2.05) is 0 Å². The van der Waals surface area contributed by atoms with E-state index >= 15 is 0 Å². The molecular weight excluding hydrogens is 183 g/mol. The van der Waals surface area contributed by atoms with Gasteiger partial charge in [0.2, 0.25) is 0 Å². The van der Waals surface area contributed by atoms with Crippen molar-refractivity contribution in [2.24, 2.45) is 0 Å². The number of hydrogen-bond acceptors (Lipinski definition) is 2. The zero-order valence-corrected chi connectivity index (χ0v) is 8.13. The Bertz CT molecular complexity index is 319. The Balaban J connectivity index is 2.33. The van der Waals surface area contributed by atoms with Crippen LogP contribution >= 0.6 is 0 Å². The van der Waals surface area contributed by atoms with Crippen molar-refractivity contribution in [3.63, 3.8) is 0 Å². The van der Waals surface area contributed by atoms with Gasteiger partial charge in [-0.25, -0.2) is 4.39 Å². The van der Waals surface area contributed by atoms with Crippen molar-refractivity contribution in [3.8, 4) is 5.75 Å². The van der Waals surface area contributed by atoms with Gasteiger partial charge in [-0.2, -0.15) is 0 Å². The fourth-order valence-electron chi connectivity index (χ4n) is 1.80. The highest BCUT2D eigenvalue weighted by Crippen LogP contribution is 2.32. The van der Waals surface area contributed by atoms with Gasteiger partial charge in [0, 0.05) is 18.1 Å². The normalized spacial score (nSPS) is 21.1. The molecule has 1 unspecified atom stereocenters. The molecule has 0 aliphatic carbocycles. The van der Waals surface area contributed by atoms with Crippen molar-refractivity contribution in [1.29, 1.82) is 0 Å². The molecule has 1 fully saturated rings. The van der Waals surface area contributed by atoms with E-state index in [1.54, 1.807) is 13.2 Å². The van der Waals surface area contributed by atoms with Crippen LogP contribution in [-0.4, -0.2) is 20.3 Å². The van der Waals surface area contributed by atoms with E-state index < -0.39 is 0 Å². The van der Waals surface area contributed by atoms with Crippen molar-refractivity contribution < 1.29 is 13.9 Å². The predicted molar refractivity (Wildman–Crippen MR) is 51.1 cm³/mol. The zero-order valence-electron chi connectivity index (χ0n) is 8.13. The highest BCUT2D eigenvalue weighted by Gasteiger charge is 2.21. The summed E-state index contributed by atoms with van der Waals surface area (Å²) in [6.45, 7) is 1.42. The molecule has 1 aliphatic heterocycles. The van der Waals surface area contributed by atoms with Crippen LogP contribution < -0.4 is 4.74 Å². The van der Waals surface area contributed by atoms with Crippen LogP contribution in [0.5, 0.6) is 5.75 Å². The van der Waals surface area contributed by atoms with Crippen LogP contribution in [0.2, 0.25) is 0 Å². The smallest absolute Gasteiger partial charge is 0.123 e. The van der Waals surface area contributed by atoms with Crippen molar-refractivity contribution in [3.05, 3.63) is 29.6 Å². The fourth-order valence-corrected chi connectivity index (χ4v) is 1.80. The van der Waals surface area contributed by atoms with Gasteiger partial charge in [0.15, 0.2) is 0 Å². The zero-order chi connectivity index (χ0) is 9.97. The van der Waals surface area contributed by atoms with Gasteiger partial charge in [-0.3, -0.25) is 0 Å². The van der Waals surface area contributed by atoms with Crippen molar-refractivity contribution in [1.82, 2.24) is 0 Å². The Hall–Kier alpha value is -1.09. The molecule has 0 N–H and O–H groups in total. The first-order chi connectivity index (χ1) is 6.81. The molecule has 2 nitrogen and oxygen atoms in total. The van der Waals surface area contributed by atoms with Crippen molar-refractivity contribution in [2.75, 3.05) is 20.3 Å². The van der Waals surface area contributed by atoms with Crippen LogP contribution in [-0.2, 0) is 4.74 Å². The maximum Gasteiger partial charge on any atom is 0.123 e. The molecule has 0 aromatic heterocycles. The van der Waals surface area contributed by atoms with E-state index in [0.29, 0.717) is 6.61 Å². The average Bonchev–Trinajstić information content (AvgIpc) is 2.70. The van der Waals surface area contributed by atoms with Gasteiger partial charge in [0.25, 0.3) is 0 Å². The molecule has 1 aromatic rings. The van der Waals surface area contributed by atoms with E-state index in [0.717, 1.165) is 24.3 Å². The Kier molecular flexibility index (Phi) is 2.68. The largest absolute Gasteiger partial charge is 0.496 e. The van der Waals surface area contributed by atoms with Gasteiger partial charge >= 0.3 is 0 Å². The monoisotopic (exact) mass is 196 g/mol. The molecule has 1 atom stereocenters. The van der Waals surface area contributed by atoms with Gasteiger partial charge in [-0.15, -0.1) is 0 Å². The second kappa shape index (κ2) is 3.96. The van der Waals surface area contributed by atoms with Gasteiger partial charge in [-0.05, 0) is 24.6 Å². The summed E-state index contributed by atoms with van der Waals surface area (Å²) in [6.07, 6.45) is 0.944. The first kappa shape index (κ1) is 9.46. The number of methoxy groups -OCH3 is 1. The minimum absolute atomic E-state index is 0.215. The molecular formula is C11H13FO2. The number of hydrogen-bond donors (Lipinski definition) is 0. The fraction of sp³-hybridized carbons (Fsp3) is 0.455. The van der Waals surface area contributed by atoms with Gasteiger partial charge in [0.1, 0.15) is 11.6 Å². The summed E-state index contributed by atoms with van der Waals surface area (Å²) < 4.78 is 23.5. The van der Waals surface area contributed by atoms with E-state index in [-0.39, 0.29) is 11.7 Å². The molecule has 0 amide bonds. The molecule has 1 aromatic carbocycles. The van der Waals surface area contributed by atoms with Gasteiger partial charge in [0.05, 0.1) is 13.7 Å². The quantitative estimate of drug-likeness (QED) is 0.722. The minimum Gasteiger partial charge on any atom is -0.496 e. The molecule has 1 saturated heterocycles. The van der Waals surface area contributed by atoms with Crippen LogP contribution in [0.3, 0.4) is 0 Å². The van der Waals surface area contributed by atoms with E-state index in [2.05, 4.69) is 0 Å². The Morgan fingerprint density at radius 3 is 3.00 bits per heavy atom. The maximum atomic E-state index is 13.0. The van der Waals surface area contributed by atoms with Crippen molar-refractivity contribution in [2.45, 2.75) is 12.3 Å². The Labute approximate surface area is 82.6 Å². The number of halogens is 1. The Morgan fingerprint density at radius 2 is 2.36 bits per heavy atom. The molecule has 1 heterocycles. The summed E-state index contributed by atoms with van der Waals surface area (Å²) in [7, 11) is 1.60. The lowest BCUT2D eigenvalue weighted by atomic mass is 9.97. The molecule has 1 aliphatic rings. The highest BCUT2D eigenvalue weighted by molar-refractivity contribution is 5.37. The molecule has 3 heteroatoms. The lowest BCUT2D eigenvalue weighted by Crippen LogP contribution is -2.01. The molecule has 0 radical (unpaired) electrons. The van der Waals surface area contributed by atoms with Crippen LogP contribution in [0.1, 0.15) is 17.9 Å². The molecule has 2 rings (SSSR count). The third kappa shape index (κ3) is 1.73. The molecule has 0 bridgehead atoms. The summed E-state index contributed by atoms with van der Waals surface area (Å²) in [6, 6.07) is 4.62. The lowest BCUT2D eigenvalue weighted by Gasteiger charge is -2.12. The predicted octanol–water partition coefficient (Wildman–Crippen LogP) is 2.34. The average molecular weight is 196 g/mol. The topological polar surface area (TPSA) is 18.5 Å². The lowest BCUT2D eigenvalue weighted by molar-refractivity contribution is 0.193. The molecule has 76 valence electrons. The summed E-state index contributed by atoms with van der Waals surface area (Å²) in [4.78, 5) is 0. The first-order valence-corrected chi connectivity index (χ1v) is 4.72. The van der Waals surface area contributed by atoms with E-state index in [9.17, 15) is 4.39 Å². The number of benzene rings is 1. The number of ether oxygens (including phenoxy) is 2. The molecule has 14 heavy (non-hydrogen) atoms. The van der Waals surface area contributed by atoms with E-state index in [1.165, 1.54) is 12.1 Å². The van der Waals surface area contributed by atoms with Gasteiger partial charge in [-0.1, -0.05) is 0 Å². The van der Waals surface area contributed by atoms with Crippen molar-refractivity contribution >= 4 is 0 Å². The van der Waals surface area contributed by atoms with E-state index in [4.69, 9.17) is 9.47 Å². The van der Waals surface area contributed by atoms with Crippen LogP contribution in [0.25, 0.3) is 0 Å². The summed E-state index contributed by atoms with van der Waals surface area (Å²) >= 11 is 0. The van der Waals surface area contributed by atoms with Crippen LogP contribution in [0, 0.1) is 5.82 Å². The standard InChI is InChI=1S/C11H13FO2/c1-13-11-3-2-9(12)6-10(11)8-4-5-14-7-8/h2-3,6,8H,4-5,7H2,1H3. The summed E-state index contributed by atoms with van der Waals surface area (Å²) in [5, 5.41) is 0. The van der Waals surface area contributed by atoms with Crippen LogP contribution in [0.4, 0.5) is 4.39 Å². The third-order valence-electron chi connectivity index (χ3n) is 2.56. The second-order valence-corrected chi connectivity index (χ2v) is 3.45. The molecule has 0 spiro atoms. The summed E-state index contributed by atoms with van der Waals surface area (Å²) in [5.41, 5.74) is 0.921. The SMILES string of the molecule is COc1ccc(F)cc1C1CCOC1. The van der Waals surface area contributed by atoms with Crippen LogP contribution in [0.15, 0.2) is 18.2 Å². The summed E-state index contributed by atoms with van der Waals surface area (Å²) in [5.74, 6) is 0.815. The highest BCUT2D eigenvalue weighted by atomic mass is 19.1. The maximum absolute atomic E-state index is 13.0. The number of rotatable bonds is 2. The third-order valence-corrected chi connectivity index (χ3v) is 2.56. The second-order valence-electron chi connectivity index (χ2n) is 3.45. The minimum atomic E-state index is -0.215. The molecule has 0 saturated carbocycles. The first-order valence-electron chi connectivity index (χ1n) is 4.72. The van der Waals surface area contributed by atoms with Gasteiger partial charge < -0.3 is 9.47 Å². The Morgan fingerprint density at radius 1 is 1.50 bits per heavy atom.